The van der Waals surface area contributed by atoms with Crippen LogP contribution in [0.1, 0.15) is 37.5 Å². The van der Waals surface area contributed by atoms with Crippen molar-refractivity contribution < 1.29 is 4.39 Å². The van der Waals surface area contributed by atoms with E-state index in [4.69, 9.17) is 23.2 Å². The monoisotopic (exact) mass is 286 g/mol. The van der Waals surface area contributed by atoms with Crippen molar-refractivity contribution in [2.24, 2.45) is 5.92 Å². The van der Waals surface area contributed by atoms with Gasteiger partial charge in [0.05, 0.1) is 21.4 Å². The van der Waals surface area contributed by atoms with Crippen LogP contribution in [0, 0.1) is 11.7 Å². The summed E-state index contributed by atoms with van der Waals surface area (Å²) in [6.07, 6.45) is 1.09. The third-order valence-corrected chi connectivity index (χ3v) is 4.00. The van der Waals surface area contributed by atoms with Crippen LogP contribution >= 0.6 is 23.2 Å². The number of hydrogen-bond acceptors (Lipinski definition) is 1. The van der Waals surface area contributed by atoms with Gasteiger partial charge in [0.2, 0.25) is 0 Å². The minimum absolute atomic E-state index is 0.102. The zero-order valence-electron chi connectivity index (χ0n) is 10.1. The van der Waals surface area contributed by atoms with Crippen LogP contribution in [0.3, 0.4) is 0 Å². The predicted molar refractivity (Wildman–Crippen MR) is 71.8 cm³/mol. The van der Waals surface area contributed by atoms with Crippen LogP contribution in [0.2, 0.25) is 5.02 Å². The molecule has 1 fully saturated rings. The van der Waals surface area contributed by atoms with Gasteiger partial charge in [0, 0.05) is 12.1 Å². The Hall–Kier alpha value is -0.800. The topological polar surface area (TPSA) is 17.8 Å². The molecule has 1 saturated carbocycles. The number of halogens is 3. The lowest BCUT2D eigenvalue weighted by molar-refractivity contribution is 0.625. The molecule has 2 aromatic rings. The maximum absolute atomic E-state index is 13.6. The summed E-state index contributed by atoms with van der Waals surface area (Å²) in [5.41, 5.74) is 1.50. The molecule has 1 aromatic carbocycles. The lowest BCUT2D eigenvalue weighted by atomic mass is 10.3. The van der Waals surface area contributed by atoms with E-state index in [1.165, 1.54) is 6.07 Å². The van der Waals surface area contributed by atoms with Gasteiger partial charge in [-0.3, -0.25) is 0 Å². The van der Waals surface area contributed by atoms with Crippen LogP contribution in [0.15, 0.2) is 12.1 Å². The summed E-state index contributed by atoms with van der Waals surface area (Å²) >= 11 is 12.0. The molecule has 18 heavy (non-hydrogen) atoms. The standard InChI is InChI=1S/C13H13Cl2FN2/c1-6-3-11(6)18-12-5-9(16)8(15)4-10(12)17-13(18)7(2)14/h4-7,11H,3H2,1-2H3. The number of alkyl halides is 1. The first kappa shape index (κ1) is 12.2. The van der Waals surface area contributed by atoms with E-state index in [1.807, 2.05) is 6.92 Å². The highest BCUT2D eigenvalue weighted by Gasteiger charge is 2.37. The maximum Gasteiger partial charge on any atom is 0.144 e. The lowest BCUT2D eigenvalue weighted by Gasteiger charge is -2.09. The zero-order chi connectivity index (χ0) is 13.0. The highest BCUT2D eigenvalue weighted by Crippen LogP contribution is 2.46. The van der Waals surface area contributed by atoms with Crippen LogP contribution in [-0.4, -0.2) is 9.55 Å². The van der Waals surface area contributed by atoms with E-state index in [-0.39, 0.29) is 10.4 Å². The fourth-order valence-electron chi connectivity index (χ4n) is 2.40. The van der Waals surface area contributed by atoms with E-state index in [0.717, 1.165) is 17.8 Å². The van der Waals surface area contributed by atoms with Crippen molar-refractivity contribution in [2.45, 2.75) is 31.7 Å². The van der Waals surface area contributed by atoms with E-state index in [2.05, 4.69) is 16.5 Å². The van der Waals surface area contributed by atoms with Gasteiger partial charge in [-0.05, 0) is 25.3 Å². The van der Waals surface area contributed by atoms with E-state index in [9.17, 15) is 4.39 Å². The number of aromatic nitrogens is 2. The molecule has 1 aromatic heterocycles. The molecule has 1 heterocycles. The zero-order valence-corrected chi connectivity index (χ0v) is 11.6. The van der Waals surface area contributed by atoms with Gasteiger partial charge in [-0.15, -0.1) is 11.6 Å². The summed E-state index contributed by atoms with van der Waals surface area (Å²) in [5.74, 6) is 0.977. The Morgan fingerprint density at radius 2 is 2.17 bits per heavy atom. The quantitative estimate of drug-likeness (QED) is 0.731. The molecular formula is C13H13Cl2FN2. The Kier molecular flexibility index (Phi) is 2.79. The molecule has 0 bridgehead atoms. The summed E-state index contributed by atoms with van der Waals surface area (Å²) in [7, 11) is 0. The van der Waals surface area contributed by atoms with Crippen LogP contribution in [-0.2, 0) is 0 Å². The van der Waals surface area contributed by atoms with Crippen molar-refractivity contribution >= 4 is 34.2 Å². The van der Waals surface area contributed by atoms with Gasteiger partial charge < -0.3 is 4.57 Å². The number of imidazole rings is 1. The van der Waals surface area contributed by atoms with E-state index >= 15 is 0 Å². The number of benzene rings is 1. The second-order valence-electron chi connectivity index (χ2n) is 4.99. The molecule has 96 valence electrons. The summed E-state index contributed by atoms with van der Waals surface area (Å²) in [5, 5.41) is -0.100. The molecule has 0 amide bonds. The number of nitrogens with zero attached hydrogens (tertiary/aromatic N) is 2. The molecule has 3 rings (SSSR count). The molecule has 1 aliphatic rings. The summed E-state index contributed by atoms with van der Waals surface area (Å²) in [6, 6.07) is 3.41. The molecule has 0 saturated heterocycles. The first-order valence-electron chi connectivity index (χ1n) is 6.00. The van der Waals surface area contributed by atoms with E-state index < -0.39 is 5.82 Å². The summed E-state index contributed by atoms with van der Waals surface area (Å²) < 4.78 is 15.7. The first-order chi connectivity index (χ1) is 8.49. The second-order valence-corrected chi connectivity index (χ2v) is 6.05. The largest absolute Gasteiger partial charge is 0.323 e. The van der Waals surface area contributed by atoms with Gasteiger partial charge in [0.25, 0.3) is 0 Å². The minimum Gasteiger partial charge on any atom is -0.323 e. The number of rotatable bonds is 2. The van der Waals surface area contributed by atoms with Crippen LogP contribution in [0.25, 0.3) is 11.0 Å². The van der Waals surface area contributed by atoms with Crippen LogP contribution < -0.4 is 0 Å². The van der Waals surface area contributed by atoms with Crippen molar-refractivity contribution in [3.05, 3.63) is 28.8 Å². The Morgan fingerprint density at radius 1 is 1.50 bits per heavy atom. The van der Waals surface area contributed by atoms with Gasteiger partial charge in [-0.2, -0.15) is 0 Å². The molecule has 2 nitrogen and oxygen atoms in total. The van der Waals surface area contributed by atoms with Crippen LogP contribution in [0.5, 0.6) is 0 Å². The molecule has 0 N–H and O–H groups in total. The normalized spacial score (nSPS) is 24.5. The SMILES string of the molecule is CC(Cl)c1nc2cc(Cl)c(F)cc2n1C1CC1C. The predicted octanol–water partition coefficient (Wildman–Crippen LogP) is 4.71. The van der Waals surface area contributed by atoms with Crippen molar-refractivity contribution in [2.75, 3.05) is 0 Å². The van der Waals surface area contributed by atoms with Crippen molar-refractivity contribution in [3.8, 4) is 0 Å². The van der Waals surface area contributed by atoms with E-state index in [0.29, 0.717) is 17.5 Å². The van der Waals surface area contributed by atoms with Gasteiger partial charge >= 0.3 is 0 Å². The highest BCUT2D eigenvalue weighted by atomic mass is 35.5. The average molecular weight is 287 g/mol. The Bertz CT molecular complexity index is 621. The van der Waals surface area contributed by atoms with Crippen molar-refractivity contribution in [1.82, 2.24) is 9.55 Å². The van der Waals surface area contributed by atoms with Crippen molar-refractivity contribution in [1.29, 1.82) is 0 Å². The first-order valence-corrected chi connectivity index (χ1v) is 6.81. The second kappa shape index (κ2) is 4.10. The molecule has 3 atom stereocenters. The Morgan fingerprint density at radius 3 is 2.72 bits per heavy atom. The van der Waals surface area contributed by atoms with Gasteiger partial charge in [0.1, 0.15) is 11.6 Å². The summed E-state index contributed by atoms with van der Waals surface area (Å²) in [4.78, 5) is 4.49. The van der Waals surface area contributed by atoms with Gasteiger partial charge in [-0.25, -0.2) is 9.37 Å². The molecular weight excluding hydrogens is 274 g/mol. The molecule has 3 unspecified atom stereocenters. The maximum atomic E-state index is 13.6. The smallest absolute Gasteiger partial charge is 0.144 e. The average Bonchev–Trinajstić information content (AvgIpc) is 2.88. The number of hydrogen-bond donors (Lipinski definition) is 0. The van der Waals surface area contributed by atoms with Gasteiger partial charge in [0.15, 0.2) is 0 Å². The van der Waals surface area contributed by atoms with E-state index in [1.54, 1.807) is 6.07 Å². The molecule has 0 aliphatic heterocycles. The van der Waals surface area contributed by atoms with Gasteiger partial charge in [-0.1, -0.05) is 18.5 Å². The summed E-state index contributed by atoms with van der Waals surface area (Å²) in [6.45, 7) is 4.05. The van der Waals surface area contributed by atoms with Crippen molar-refractivity contribution in [3.63, 3.8) is 0 Å². The third kappa shape index (κ3) is 1.81. The minimum atomic E-state index is -0.410. The molecule has 0 spiro atoms. The molecule has 0 radical (unpaired) electrons. The Balaban J connectivity index is 2.27. The third-order valence-electron chi connectivity index (χ3n) is 3.51. The fraction of sp³-hybridized carbons (Fsp3) is 0.462. The van der Waals surface area contributed by atoms with Crippen LogP contribution in [0.4, 0.5) is 4.39 Å². The lowest BCUT2D eigenvalue weighted by Crippen LogP contribution is -2.03. The fourth-order valence-corrected chi connectivity index (χ4v) is 2.71. The molecule has 1 aliphatic carbocycles. The molecule has 5 heteroatoms. The Labute approximate surface area is 115 Å². The highest BCUT2D eigenvalue weighted by molar-refractivity contribution is 6.31. The number of fused-ring (bicyclic) bond motifs is 1.